The Kier molecular flexibility index (Phi) is 9.13. The molecular formula is C22H32IN5O2. The molecule has 0 aliphatic carbocycles. The van der Waals surface area contributed by atoms with Crippen LogP contribution in [0.15, 0.2) is 35.3 Å². The van der Waals surface area contributed by atoms with Crippen LogP contribution in [0.25, 0.3) is 5.69 Å². The van der Waals surface area contributed by atoms with E-state index in [1.54, 1.807) is 0 Å². The van der Waals surface area contributed by atoms with Crippen molar-refractivity contribution in [3.8, 4) is 5.69 Å². The van der Waals surface area contributed by atoms with Gasteiger partial charge in [0.1, 0.15) is 0 Å². The average Bonchev–Trinajstić information content (AvgIpc) is 3.08. The van der Waals surface area contributed by atoms with Crippen molar-refractivity contribution in [3.05, 3.63) is 47.3 Å². The highest BCUT2D eigenvalue weighted by Gasteiger charge is 2.27. The molecular weight excluding hydrogens is 493 g/mol. The molecule has 0 unspecified atom stereocenters. The Balaban J connectivity index is 0.00000320. The molecule has 1 aliphatic rings. The number of para-hydroxylation sites is 1. The summed E-state index contributed by atoms with van der Waals surface area (Å²) < 4.78 is 6.87. The number of likely N-dealkylation sites (tertiary alicyclic amines) is 1. The number of methoxy groups -OCH3 is 1. The van der Waals surface area contributed by atoms with Gasteiger partial charge < -0.3 is 15.0 Å². The Morgan fingerprint density at radius 3 is 2.57 bits per heavy atom. The first kappa shape index (κ1) is 24.2. The highest BCUT2D eigenvalue weighted by atomic mass is 127. The third-order valence-electron chi connectivity index (χ3n) is 5.29. The number of benzene rings is 1. The number of aliphatic imine (C=N–C) groups is 1. The predicted molar refractivity (Wildman–Crippen MR) is 130 cm³/mol. The maximum Gasteiger partial charge on any atom is 0.308 e. The fraction of sp³-hybridized carbons (Fsp3) is 0.500. The first-order valence-corrected chi connectivity index (χ1v) is 10.3. The molecule has 30 heavy (non-hydrogen) atoms. The van der Waals surface area contributed by atoms with Crippen LogP contribution in [0, 0.1) is 19.8 Å². The molecule has 3 rings (SSSR count). The van der Waals surface area contributed by atoms with Crippen LogP contribution in [0.1, 0.15) is 36.7 Å². The summed E-state index contributed by atoms with van der Waals surface area (Å²) in [5.41, 5.74) is 4.29. The Morgan fingerprint density at radius 2 is 1.97 bits per heavy atom. The van der Waals surface area contributed by atoms with Gasteiger partial charge in [0, 0.05) is 25.3 Å². The van der Waals surface area contributed by atoms with Crippen LogP contribution in [0.4, 0.5) is 0 Å². The summed E-state index contributed by atoms with van der Waals surface area (Å²) in [7, 11) is 1.46. The zero-order valence-corrected chi connectivity index (χ0v) is 20.6. The highest BCUT2D eigenvalue weighted by molar-refractivity contribution is 14.0. The summed E-state index contributed by atoms with van der Waals surface area (Å²) in [5.74, 6) is 0.773. The number of rotatable bonds is 5. The van der Waals surface area contributed by atoms with Gasteiger partial charge in [-0.15, -0.1) is 24.0 Å². The van der Waals surface area contributed by atoms with Crippen molar-refractivity contribution >= 4 is 35.9 Å². The van der Waals surface area contributed by atoms with E-state index in [-0.39, 0.29) is 35.9 Å². The quantitative estimate of drug-likeness (QED) is 0.280. The van der Waals surface area contributed by atoms with Gasteiger partial charge in [0.25, 0.3) is 0 Å². The minimum atomic E-state index is -0.106. The Hall–Kier alpha value is -2.10. The van der Waals surface area contributed by atoms with Crippen LogP contribution in [0.2, 0.25) is 0 Å². The van der Waals surface area contributed by atoms with E-state index in [1.165, 1.54) is 7.11 Å². The molecule has 0 bridgehead atoms. The molecule has 1 N–H and O–H groups in total. The zero-order chi connectivity index (χ0) is 20.8. The summed E-state index contributed by atoms with van der Waals surface area (Å²) in [6.07, 6.45) is 1.58. The molecule has 0 amide bonds. The molecule has 8 heteroatoms. The number of carbonyl (C=O) groups excluding carboxylic acids is 1. The lowest BCUT2D eigenvalue weighted by Crippen LogP contribution is -2.46. The lowest BCUT2D eigenvalue weighted by Gasteiger charge is -2.33. The topological polar surface area (TPSA) is 71.8 Å². The highest BCUT2D eigenvalue weighted by Crippen LogP contribution is 2.20. The summed E-state index contributed by atoms with van der Waals surface area (Å²) in [5, 5.41) is 8.02. The second kappa shape index (κ2) is 11.3. The van der Waals surface area contributed by atoms with Crippen molar-refractivity contribution < 1.29 is 9.53 Å². The van der Waals surface area contributed by atoms with Crippen LogP contribution in [-0.2, 0) is 16.1 Å². The van der Waals surface area contributed by atoms with Crippen LogP contribution in [0.5, 0.6) is 0 Å². The number of halogens is 1. The predicted octanol–water partition coefficient (Wildman–Crippen LogP) is 3.46. The number of guanidine groups is 1. The van der Waals surface area contributed by atoms with Gasteiger partial charge in [-0.1, -0.05) is 18.2 Å². The standard InChI is InChI=1S/C22H31N5O2.HI/c1-5-23-22(26-12-10-18(11-13-26)21(28)29-4)24-15-19-8-6-7-9-20(19)27-17(3)14-16(2)25-27;/h6-9,14,18H,5,10-13,15H2,1-4H3,(H,23,24);1H. The Morgan fingerprint density at radius 1 is 1.27 bits per heavy atom. The lowest BCUT2D eigenvalue weighted by molar-refractivity contribution is -0.146. The number of esters is 1. The normalized spacial score (nSPS) is 14.9. The minimum Gasteiger partial charge on any atom is -0.469 e. The van der Waals surface area contributed by atoms with Crippen LogP contribution in [-0.4, -0.2) is 53.4 Å². The maximum atomic E-state index is 11.8. The van der Waals surface area contributed by atoms with E-state index in [0.717, 1.165) is 61.1 Å². The first-order valence-electron chi connectivity index (χ1n) is 10.3. The Labute approximate surface area is 195 Å². The fourth-order valence-corrected chi connectivity index (χ4v) is 3.80. The molecule has 0 atom stereocenters. The summed E-state index contributed by atoms with van der Waals surface area (Å²) in [4.78, 5) is 18.9. The van der Waals surface area contributed by atoms with E-state index in [0.29, 0.717) is 6.54 Å². The van der Waals surface area contributed by atoms with Crippen molar-refractivity contribution in [1.82, 2.24) is 20.0 Å². The summed E-state index contributed by atoms with van der Waals surface area (Å²) >= 11 is 0. The van der Waals surface area contributed by atoms with Gasteiger partial charge in [-0.25, -0.2) is 9.67 Å². The molecule has 0 saturated carbocycles. The number of nitrogens with zero attached hydrogens (tertiary/aromatic N) is 4. The van der Waals surface area contributed by atoms with Crippen LogP contribution in [0.3, 0.4) is 0 Å². The SMILES string of the molecule is CCNC(=NCc1ccccc1-n1nc(C)cc1C)N1CCC(C(=O)OC)CC1.I. The van der Waals surface area contributed by atoms with Gasteiger partial charge in [0.15, 0.2) is 5.96 Å². The van der Waals surface area contributed by atoms with Gasteiger partial charge in [0.05, 0.1) is 31.0 Å². The van der Waals surface area contributed by atoms with Gasteiger partial charge in [-0.05, 0) is 51.3 Å². The van der Waals surface area contributed by atoms with E-state index in [9.17, 15) is 4.79 Å². The number of piperidine rings is 1. The van der Waals surface area contributed by atoms with E-state index >= 15 is 0 Å². The smallest absolute Gasteiger partial charge is 0.308 e. The van der Waals surface area contributed by atoms with Crippen molar-refractivity contribution in [1.29, 1.82) is 0 Å². The first-order chi connectivity index (χ1) is 14.0. The van der Waals surface area contributed by atoms with Gasteiger partial charge in [-0.2, -0.15) is 5.10 Å². The summed E-state index contributed by atoms with van der Waals surface area (Å²) in [6, 6.07) is 10.3. The number of hydrogen-bond acceptors (Lipinski definition) is 4. The monoisotopic (exact) mass is 525 g/mol. The molecule has 1 saturated heterocycles. The van der Waals surface area contributed by atoms with E-state index in [4.69, 9.17) is 9.73 Å². The number of aryl methyl sites for hydroxylation is 2. The number of hydrogen-bond donors (Lipinski definition) is 1. The van der Waals surface area contributed by atoms with Crippen molar-refractivity contribution in [2.45, 2.75) is 40.2 Å². The molecule has 164 valence electrons. The molecule has 2 heterocycles. The maximum absolute atomic E-state index is 11.8. The molecule has 1 aliphatic heterocycles. The number of nitrogens with one attached hydrogen (secondary N) is 1. The number of ether oxygens (including phenoxy) is 1. The van der Waals surface area contributed by atoms with Crippen molar-refractivity contribution in [3.63, 3.8) is 0 Å². The van der Waals surface area contributed by atoms with Gasteiger partial charge >= 0.3 is 5.97 Å². The second-order valence-corrected chi connectivity index (χ2v) is 7.42. The second-order valence-electron chi connectivity index (χ2n) is 7.42. The van der Waals surface area contributed by atoms with Crippen LogP contribution >= 0.6 is 24.0 Å². The van der Waals surface area contributed by atoms with Crippen LogP contribution < -0.4 is 5.32 Å². The van der Waals surface area contributed by atoms with Gasteiger partial charge in [-0.3, -0.25) is 4.79 Å². The third kappa shape index (κ3) is 5.74. The van der Waals surface area contributed by atoms with Crippen molar-refractivity contribution in [2.24, 2.45) is 10.9 Å². The zero-order valence-electron chi connectivity index (χ0n) is 18.2. The molecule has 1 aromatic heterocycles. The molecule has 0 radical (unpaired) electrons. The fourth-order valence-electron chi connectivity index (χ4n) is 3.80. The third-order valence-corrected chi connectivity index (χ3v) is 5.29. The molecule has 2 aromatic rings. The van der Waals surface area contributed by atoms with E-state index < -0.39 is 0 Å². The molecule has 7 nitrogen and oxygen atoms in total. The lowest BCUT2D eigenvalue weighted by atomic mass is 9.97. The largest absolute Gasteiger partial charge is 0.469 e. The van der Waals surface area contributed by atoms with Gasteiger partial charge in [0.2, 0.25) is 0 Å². The van der Waals surface area contributed by atoms with E-state index in [1.807, 2.05) is 23.7 Å². The average molecular weight is 525 g/mol. The number of carbonyl (C=O) groups is 1. The van der Waals surface area contributed by atoms with E-state index in [2.05, 4.69) is 47.4 Å². The molecule has 1 fully saturated rings. The molecule has 1 aromatic carbocycles. The Bertz CT molecular complexity index is 872. The minimum absolute atomic E-state index is 0. The molecule has 0 spiro atoms. The summed E-state index contributed by atoms with van der Waals surface area (Å²) in [6.45, 7) is 9.10. The van der Waals surface area contributed by atoms with Crippen molar-refractivity contribution in [2.75, 3.05) is 26.7 Å². The number of aromatic nitrogens is 2.